The molecule has 18 heteroatoms. The van der Waals surface area contributed by atoms with E-state index in [1.807, 2.05) is 6.07 Å². The maximum atomic E-state index is 13.7. The zero-order chi connectivity index (χ0) is 39.5. The Balaban J connectivity index is 1.12. The van der Waals surface area contributed by atoms with E-state index in [4.69, 9.17) is 14.6 Å². The lowest BCUT2D eigenvalue weighted by atomic mass is 10.1. The predicted octanol–water partition coefficient (Wildman–Crippen LogP) is 4.68. The van der Waals surface area contributed by atoms with Gasteiger partial charge in [0.2, 0.25) is 5.91 Å². The standard InChI is InChI=1S/C37H39F3N8O7/c1-22-19-41-21-48(22)29-16-25(15-26(17-29)37(38,39)40)35(52)45-28-5-3-4-24(14-28)20-43-27-6-7-30-31(18-27)46-47-33(30)36(53)44-23(2)34(51)42-9-11-55-13-12-54-10-8-32(49)50/h3-7,14-19,21,23,43H,8-13,20H2,1-2H3,(H,42,51)(H,44,53)(H,45,52)(H,46,47)(H,49,50)/t23-/m0/s1. The zero-order valence-corrected chi connectivity index (χ0v) is 29.8. The molecule has 2 heterocycles. The number of hydrogen-bond acceptors (Lipinski definition) is 9. The summed E-state index contributed by atoms with van der Waals surface area (Å²) in [6.45, 7) is 4.50. The van der Waals surface area contributed by atoms with Crippen LogP contribution in [0.1, 0.15) is 51.0 Å². The molecule has 290 valence electrons. The van der Waals surface area contributed by atoms with Gasteiger partial charge < -0.3 is 40.4 Å². The van der Waals surface area contributed by atoms with Crippen LogP contribution < -0.4 is 21.3 Å². The number of hydrogen-bond donors (Lipinski definition) is 6. The number of nitrogens with one attached hydrogen (secondary N) is 5. The van der Waals surface area contributed by atoms with Gasteiger partial charge in [-0.2, -0.15) is 18.3 Å². The number of nitrogens with zero attached hydrogens (tertiary/aromatic N) is 3. The van der Waals surface area contributed by atoms with Gasteiger partial charge in [0, 0.05) is 53.0 Å². The lowest BCUT2D eigenvalue weighted by Gasteiger charge is -2.14. The number of aromatic nitrogens is 4. The fourth-order valence-electron chi connectivity index (χ4n) is 5.36. The van der Waals surface area contributed by atoms with Crippen LogP contribution in [-0.4, -0.2) is 87.6 Å². The number of amides is 3. The van der Waals surface area contributed by atoms with Gasteiger partial charge >= 0.3 is 12.1 Å². The number of rotatable bonds is 18. The van der Waals surface area contributed by atoms with Gasteiger partial charge in [0.25, 0.3) is 11.8 Å². The van der Waals surface area contributed by atoms with E-state index in [1.54, 1.807) is 43.3 Å². The van der Waals surface area contributed by atoms with E-state index >= 15 is 0 Å². The maximum Gasteiger partial charge on any atom is 0.416 e. The smallest absolute Gasteiger partial charge is 0.416 e. The predicted molar refractivity (Wildman–Crippen MR) is 195 cm³/mol. The van der Waals surface area contributed by atoms with Crippen molar-refractivity contribution in [2.24, 2.45) is 0 Å². The summed E-state index contributed by atoms with van der Waals surface area (Å²) in [5.41, 5.74) is 2.12. The molecule has 0 spiro atoms. The molecule has 3 aromatic carbocycles. The third-order valence-corrected chi connectivity index (χ3v) is 8.19. The first kappa shape index (κ1) is 39.9. The quantitative estimate of drug-likeness (QED) is 0.0681. The molecule has 2 aromatic heterocycles. The number of fused-ring (bicyclic) bond motifs is 1. The number of benzene rings is 3. The molecule has 0 saturated heterocycles. The van der Waals surface area contributed by atoms with Gasteiger partial charge in [-0.3, -0.25) is 24.3 Å². The Morgan fingerprint density at radius 2 is 1.73 bits per heavy atom. The van der Waals surface area contributed by atoms with Crippen LogP contribution >= 0.6 is 0 Å². The van der Waals surface area contributed by atoms with E-state index in [9.17, 15) is 32.3 Å². The highest BCUT2D eigenvalue weighted by Gasteiger charge is 2.32. The Kier molecular flexibility index (Phi) is 13.2. The van der Waals surface area contributed by atoms with Crippen molar-refractivity contribution in [1.29, 1.82) is 0 Å². The Morgan fingerprint density at radius 1 is 0.945 bits per heavy atom. The number of aromatic amines is 1. The molecule has 0 aliphatic heterocycles. The Morgan fingerprint density at radius 3 is 2.45 bits per heavy atom. The summed E-state index contributed by atoms with van der Waals surface area (Å²) in [6, 6.07) is 14.3. The summed E-state index contributed by atoms with van der Waals surface area (Å²) in [4.78, 5) is 53.0. The van der Waals surface area contributed by atoms with E-state index in [0.717, 1.165) is 17.7 Å². The number of aliphatic carboxylic acids is 1. The molecule has 3 amide bonds. The lowest BCUT2D eigenvalue weighted by Crippen LogP contribution is -2.45. The monoisotopic (exact) mass is 764 g/mol. The van der Waals surface area contributed by atoms with Crippen LogP contribution in [0.3, 0.4) is 0 Å². The maximum absolute atomic E-state index is 13.7. The molecule has 0 fully saturated rings. The van der Waals surface area contributed by atoms with Gasteiger partial charge in [-0.25, -0.2) is 4.98 Å². The minimum atomic E-state index is -4.67. The fraction of sp³-hybridized carbons (Fsp3) is 0.297. The van der Waals surface area contributed by atoms with Crippen LogP contribution in [0.15, 0.2) is 73.2 Å². The number of alkyl halides is 3. The third-order valence-electron chi connectivity index (χ3n) is 8.19. The zero-order valence-electron chi connectivity index (χ0n) is 29.8. The number of ether oxygens (including phenoxy) is 2. The minimum absolute atomic E-state index is 0.0890. The molecule has 1 atom stereocenters. The van der Waals surface area contributed by atoms with E-state index in [1.165, 1.54) is 30.1 Å². The molecule has 6 N–H and O–H groups in total. The van der Waals surface area contributed by atoms with Crippen molar-refractivity contribution < 1.29 is 46.9 Å². The van der Waals surface area contributed by atoms with Crippen LogP contribution in [0.4, 0.5) is 24.5 Å². The molecule has 0 unspecified atom stereocenters. The van der Waals surface area contributed by atoms with Gasteiger partial charge in [-0.1, -0.05) is 12.1 Å². The normalized spacial score (nSPS) is 11.9. The molecular weight excluding hydrogens is 725 g/mol. The topological polar surface area (TPSA) is 202 Å². The van der Waals surface area contributed by atoms with E-state index in [-0.39, 0.29) is 56.3 Å². The minimum Gasteiger partial charge on any atom is -0.481 e. The average Bonchev–Trinajstić information content (AvgIpc) is 3.78. The molecule has 0 saturated carbocycles. The van der Waals surface area contributed by atoms with Crippen molar-refractivity contribution in [3.05, 3.63) is 101 Å². The Labute approximate surface area is 312 Å². The summed E-state index contributed by atoms with van der Waals surface area (Å²) >= 11 is 0. The van der Waals surface area contributed by atoms with Crippen molar-refractivity contribution >= 4 is 46.0 Å². The van der Waals surface area contributed by atoms with E-state index in [0.29, 0.717) is 34.5 Å². The molecule has 5 rings (SSSR count). The number of anilines is 2. The highest BCUT2D eigenvalue weighted by atomic mass is 19.4. The van der Waals surface area contributed by atoms with Crippen LogP contribution in [0.5, 0.6) is 0 Å². The number of imidazole rings is 1. The fourth-order valence-corrected chi connectivity index (χ4v) is 5.36. The molecule has 0 aliphatic rings. The number of carbonyl (C=O) groups is 4. The molecule has 0 bridgehead atoms. The van der Waals surface area contributed by atoms with Crippen LogP contribution in [0.2, 0.25) is 0 Å². The summed E-state index contributed by atoms with van der Waals surface area (Å²) in [5.74, 6) is -2.64. The number of carboxylic acids is 1. The number of carbonyl (C=O) groups excluding carboxylic acids is 3. The van der Waals surface area contributed by atoms with Gasteiger partial charge in [0.05, 0.1) is 50.3 Å². The van der Waals surface area contributed by atoms with Gasteiger partial charge in [0.1, 0.15) is 6.04 Å². The van der Waals surface area contributed by atoms with Crippen LogP contribution in [0.25, 0.3) is 16.6 Å². The number of H-pyrrole nitrogens is 1. The van der Waals surface area contributed by atoms with Gasteiger partial charge in [0.15, 0.2) is 5.69 Å². The number of halogens is 3. The molecular formula is C37H39F3N8O7. The summed E-state index contributed by atoms with van der Waals surface area (Å²) < 4.78 is 53.1. The van der Waals surface area contributed by atoms with Gasteiger partial charge in [-0.15, -0.1) is 0 Å². The lowest BCUT2D eigenvalue weighted by molar-refractivity contribution is -0.139. The summed E-state index contributed by atoms with van der Waals surface area (Å²) in [5, 5.41) is 27.3. The summed E-state index contributed by atoms with van der Waals surface area (Å²) in [6.07, 6.45) is -1.87. The van der Waals surface area contributed by atoms with E-state index < -0.39 is 41.5 Å². The van der Waals surface area contributed by atoms with Crippen molar-refractivity contribution in [1.82, 2.24) is 30.4 Å². The molecule has 5 aromatic rings. The highest BCUT2D eigenvalue weighted by molar-refractivity contribution is 6.06. The number of aryl methyl sites for hydroxylation is 1. The third kappa shape index (κ3) is 11.1. The first-order valence-electron chi connectivity index (χ1n) is 17.1. The second kappa shape index (κ2) is 18.2. The molecule has 15 nitrogen and oxygen atoms in total. The van der Waals surface area contributed by atoms with Gasteiger partial charge in [-0.05, 0) is 67.9 Å². The second-order valence-electron chi connectivity index (χ2n) is 12.4. The SMILES string of the molecule is Cc1cncn1-c1cc(C(=O)Nc2cccc(CNc3ccc4c(C(=O)N[C@@H](C)C(=O)NCCOCCOCCC(=O)O)n[nH]c4c3)c2)cc(C(F)(F)F)c1. The second-order valence-corrected chi connectivity index (χ2v) is 12.4. The molecule has 0 aliphatic carbocycles. The Bertz CT molecular complexity index is 2150. The largest absolute Gasteiger partial charge is 0.481 e. The first-order chi connectivity index (χ1) is 26.3. The molecule has 55 heavy (non-hydrogen) atoms. The van der Waals surface area contributed by atoms with Crippen molar-refractivity contribution in [3.8, 4) is 5.69 Å². The highest BCUT2D eigenvalue weighted by Crippen LogP contribution is 2.32. The first-order valence-corrected chi connectivity index (χ1v) is 17.1. The number of carboxylic acid groups (broad SMARTS) is 1. The summed E-state index contributed by atoms with van der Waals surface area (Å²) in [7, 11) is 0. The Hall–Kier alpha value is -6.27. The van der Waals surface area contributed by atoms with E-state index in [2.05, 4.69) is 36.4 Å². The van der Waals surface area contributed by atoms with Crippen molar-refractivity contribution in [2.45, 2.75) is 39.0 Å². The average molecular weight is 765 g/mol. The molecule has 0 radical (unpaired) electrons. The van der Waals surface area contributed by atoms with Crippen molar-refractivity contribution in [2.75, 3.05) is 43.6 Å². The van der Waals surface area contributed by atoms with Crippen LogP contribution in [-0.2, 0) is 31.8 Å². The van der Waals surface area contributed by atoms with Crippen molar-refractivity contribution in [3.63, 3.8) is 0 Å². The van der Waals surface area contributed by atoms with Crippen LogP contribution in [0, 0.1) is 6.92 Å².